The molecule has 24 heavy (non-hydrogen) atoms. The van der Waals surface area contributed by atoms with Gasteiger partial charge in [-0.25, -0.2) is 0 Å². The van der Waals surface area contributed by atoms with Gasteiger partial charge >= 0.3 is 0 Å². The smallest absolute Gasteiger partial charge is 0.193 e. The Morgan fingerprint density at radius 2 is 1.83 bits per heavy atom. The van der Waals surface area contributed by atoms with Crippen molar-refractivity contribution in [2.45, 2.75) is 26.3 Å². The van der Waals surface area contributed by atoms with E-state index in [2.05, 4.69) is 25.7 Å². The van der Waals surface area contributed by atoms with E-state index in [1.807, 2.05) is 24.3 Å². The summed E-state index contributed by atoms with van der Waals surface area (Å²) in [4.78, 5) is 20.0. The van der Waals surface area contributed by atoms with Gasteiger partial charge in [0.1, 0.15) is 5.84 Å². The number of rotatable bonds is 4. The standard InChI is InChI=1S/C20H21ClN2O/c1-4-23-19(22-13-20(23,2)3)17-8-6-5-7-16(17)18(24)14-9-11-15(21)12-10-14/h5-12H,4,13H2,1-3H3. The van der Waals surface area contributed by atoms with Crippen molar-refractivity contribution in [3.05, 3.63) is 70.2 Å². The fourth-order valence-electron chi connectivity index (χ4n) is 3.17. The van der Waals surface area contributed by atoms with Crippen molar-refractivity contribution < 1.29 is 4.79 Å². The second-order valence-corrected chi connectivity index (χ2v) is 7.01. The number of aliphatic imine (C=N–C) groups is 1. The Morgan fingerprint density at radius 1 is 1.17 bits per heavy atom. The summed E-state index contributed by atoms with van der Waals surface area (Å²) in [5.74, 6) is 0.895. The third kappa shape index (κ3) is 2.96. The van der Waals surface area contributed by atoms with E-state index in [0.717, 1.165) is 24.5 Å². The zero-order valence-electron chi connectivity index (χ0n) is 14.2. The molecule has 2 aromatic carbocycles. The summed E-state index contributed by atoms with van der Waals surface area (Å²) in [5, 5.41) is 0.624. The zero-order valence-corrected chi connectivity index (χ0v) is 15.0. The van der Waals surface area contributed by atoms with Crippen LogP contribution in [0.3, 0.4) is 0 Å². The third-order valence-corrected chi connectivity index (χ3v) is 4.69. The largest absolute Gasteiger partial charge is 0.350 e. The fraction of sp³-hybridized carbons (Fsp3) is 0.300. The molecule has 2 aromatic rings. The summed E-state index contributed by atoms with van der Waals surface area (Å²) in [6.45, 7) is 8.06. The van der Waals surface area contributed by atoms with Gasteiger partial charge in [-0.1, -0.05) is 35.9 Å². The maximum Gasteiger partial charge on any atom is 0.193 e. The van der Waals surface area contributed by atoms with Gasteiger partial charge in [-0.15, -0.1) is 0 Å². The van der Waals surface area contributed by atoms with Crippen molar-refractivity contribution in [2.24, 2.45) is 4.99 Å². The Morgan fingerprint density at radius 3 is 2.50 bits per heavy atom. The lowest BCUT2D eigenvalue weighted by atomic mass is 9.96. The number of nitrogens with zero attached hydrogens (tertiary/aromatic N) is 2. The summed E-state index contributed by atoms with van der Waals surface area (Å²) in [7, 11) is 0. The number of hydrogen-bond acceptors (Lipinski definition) is 3. The van der Waals surface area contributed by atoms with Crippen LogP contribution in [0, 0.1) is 0 Å². The van der Waals surface area contributed by atoms with Gasteiger partial charge in [0.25, 0.3) is 0 Å². The molecule has 0 atom stereocenters. The monoisotopic (exact) mass is 340 g/mol. The molecule has 0 bridgehead atoms. The first-order valence-electron chi connectivity index (χ1n) is 8.16. The molecule has 124 valence electrons. The quantitative estimate of drug-likeness (QED) is 0.771. The van der Waals surface area contributed by atoms with E-state index in [0.29, 0.717) is 16.1 Å². The van der Waals surface area contributed by atoms with Crippen LogP contribution >= 0.6 is 11.6 Å². The van der Waals surface area contributed by atoms with Crippen LogP contribution in [0.25, 0.3) is 0 Å². The summed E-state index contributed by atoms with van der Waals surface area (Å²) in [6, 6.07) is 14.7. The number of hydrogen-bond donors (Lipinski definition) is 0. The summed E-state index contributed by atoms with van der Waals surface area (Å²) >= 11 is 5.93. The van der Waals surface area contributed by atoms with Gasteiger partial charge in [-0.3, -0.25) is 9.79 Å². The van der Waals surface area contributed by atoms with E-state index in [1.54, 1.807) is 24.3 Å². The van der Waals surface area contributed by atoms with Gasteiger partial charge in [0.2, 0.25) is 0 Å². The molecule has 0 saturated heterocycles. The SMILES string of the molecule is CCN1C(c2ccccc2C(=O)c2ccc(Cl)cc2)=NCC1(C)C. The second-order valence-electron chi connectivity index (χ2n) is 6.58. The average molecular weight is 341 g/mol. The van der Waals surface area contributed by atoms with Crippen LogP contribution in [0.1, 0.15) is 42.3 Å². The molecule has 4 heteroatoms. The van der Waals surface area contributed by atoms with Crippen molar-refractivity contribution in [1.29, 1.82) is 0 Å². The van der Waals surface area contributed by atoms with Crippen molar-refractivity contribution >= 4 is 23.2 Å². The van der Waals surface area contributed by atoms with Crippen LogP contribution in [0.4, 0.5) is 0 Å². The van der Waals surface area contributed by atoms with E-state index >= 15 is 0 Å². The Kier molecular flexibility index (Phi) is 4.46. The number of amidine groups is 1. The predicted molar refractivity (Wildman–Crippen MR) is 99.2 cm³/mol. The molecule has 0 fully saturated rings. The number of ketones is 1. The molecule has 0 aromatic heterocycles. The minimum absolute atomic E-state index is 0.00859. The third-order valence-electron chi connectivity index (χ3n) is 4.44. The van der Waals surface area contributed by atoms with Gasteiger partial charge in [0.15, 0.2) is 5.78 Å². The molecule has 0 amide bonds. The van der Waals surface area contributed by atoms with E-state index in [4.69, 9.17) is 16.6 Å². The summed E-state index contributed by atoms with van der Waals surface area (Å²) < 4.78 is 0. The second kappa shape index (κ2) is 6.40. The highest BCUT2D eigenvalue weighted by Crippen LogP contribution is 2.27. The van der Waals surface area contributed by atoms with Crippen LogP contribution in [0.5, 0.6) is 0 Å². The number of carbonyl (C=O) groups is 1. The summed E-state index contributed by atoms with van der Waals surface area (Å²) in [6.07, 6.45) is 0. The topological polar surface area (TPSA) is 32.7 Å². The van der Waals surface area contributed by atoms with E-state index < -0.39 is 0 Å². The van der Waals surface area contributed by atoms with Gasteiger partial charge in [0, 0.05) is 28.3 Å². The predicted octanol–water partition coefficient (Wildman–Crippen LogP) is 4.43. The molecule has 0 unspecified atom stereocenters. The highest BCUT2D eigenvalue weighted by molar-refractivity contribution is 6.30. The van der Waals surface area contributed by atoms with E-state index in [1.165, 1.54) is 0 Å². The Balaban J connectivity index is 2.03. The van der Waals surface area contributed by atoms with Crippen LogP contribution in [0.2, 0.25) is 5.02 Å². The van der Waals surface area contributed by atoms with Gasteiger partial charge in [-0.05, 0) is 45.0 Å². The molecule has 0 saturated carbocycles. The molecule has 0 spiro atoms. The zero-order chi connectivity index (χ0) is 17.3. The molecule has 3 rings (SSSR count). The Hall–Kier alpha value is -2.13. The molecular weight excluding hydrogens is 320 g/mol. The van der Waals surface area contributed by atoms with Gasteiger partial charge in [0.05, 0.1) is 12.1 Å². The maximum atomic E-state index is 13.0. The minimum atomic E-state index is -0.0273. The Bertz CT molecular complexity index is 794. The van der Waals surface area contributed by atoms with E-state index in [9.17, 15) is 4.79 Å². The lowest BCUT2D eigenvalue weighted by Gasteiger charge is -2.33. The van der Waals surface area contributed by atoms with Crippen LogP contribution in [0.15, 0.2) is 53.5 Å². The highest BCUT2D eigenvalue weighted by atomic mass is 35.5. The molecular formula is C20H21ClN2O. The number of likely N-dealkylation sites (N-methyl/N-ethyl adjacent to an activating group) is 1. The van der Waals surface area contributed by atoms with Crippen LogP contribution < -0.4 is 0 Å². The Labute approximate surface area is 148 Å². The number of halogens is 1. The van der Waals surface area contributed by atoms with Crippen molar-refractivity contribution in [3.8, 4) is 0 Å². The first-order valence-corrected chi connectivity index (χ1v) is 8.53. The lowest BCUT2D eigenvalue weighted by Crippen LogP contribution is -2.45. The molecule has 1 aliphatic heterocycles. The van der Waals surface area contributed by atoms with Crippen molar-refractivity contribution in [1.82, 2.24) is 4.90 Å². The van der Waals surface area contributed by atoms with Gasteiger partial charge in [-0.2, -0.15) is 0 Å². The molecule has 0 aliphatic carbocycles. The first kappa shape index (κ1) is 16.7. The number of carbonyl (C=O) groups excluding carboxylic acids is 1. The van der Waals surface area contributed by atoms with Gasteiger partial charge < -0.3 is 4.90 Å². The van der Waals surface area contributed by atoms with E-state index in [-0.39, 0.29) is 11.3 Å². The number of benzene rings is 2. The maximum absolute atomic E-state index is 13.0. The summed E-state index contributed by atoms with van der Waals surface area (Å²) in [5.41, 5.74) is 2.17. The first-order chi connectivity index (χ1) is 11.4. The van der Waals surface area contributed by atoms with Crippen LogP contribution in [-0.2, 0) is 0 Å². The molecule has 1 aliphatic rings. The molecule has 0 N–H and O–H groups in total. The lowest BCUT2D eigenvalue weighted by molar-refractivity contribution is 0.103. The minimum Gasteiger partial charge on any atom is -0.350 e. The molecule has 1 heterocycles. The van der Waals surface area contributed by atoms with Crippen molar-refractivity contribution in [3.63, 3.8) is 0 Å². The molecule has 3 nitrogen and oxygen atoms in total. The average Bonchev–Trinajstić information content (AvgIpc) is 2.89. The van der Waals surface area contributed by atoms with Crippen LogP contribution in [-0.4, -0.2) is 35.1 Å². The molecule has 0 radical (unpaired) electrons. The normalized spacial score (nSPS) is 16.2. The van der Waals surface area contributed by atoms with Crippen molar-refractivity contribution in [2.75, 3.05) is 13.1 Å². The highest BCUT2D eigenvalue weighted by Gasteiger charge is 2.35. The fourth-order valence-corrected chi connectivity index (χ4v) is 3.29.